The van der Waals surface area contributed by atoms with Gasteiger partial charge in [0.1, 0.15) is 12.6 Å². The summed E-state index contributed by atoms with van der Waals surface area (Å²) in [6, 6.07) is -0.945. The van der Waals surface area contributed by atoms with Crippen molar-refractivity contribution in [3.8, 4) is 0 Å². The van der Waals surface area contributed by atoms with Crippen molar-refractivity contribution in [1.82, 2.24) is 0 Å². The van der Waals surface area contributed by atoms with Crippen molar-refractivity contribution in [2.45, 2.75) is 12.5 Å². The van der Waals surface area contributed by atoms with Crippen molar-refractivity contribution < 1.29 is 49.0 Å². The van der Waals surface area contributed by atoms with Crippen LogP contribution in [-0.4, -0.2) is 29.7 Å². The molecule has 0 heterocycles. The molecule has 1 atom stereocenters. The van der Waals surface area contributed by atoms with Crippen molar-refractivity contribution in [2.24, 2.45) is 22.4 Å². The molecule has 0 amide bonds. The van der Waals surface area contributed by atoms with E-state index in [-0.39, 0.29) is 53.2 Å². The van der Waals surface area contributed by atoms with Crippen LogP contribution < -0.4 is 51.5 Å². The van der Waals surface area contributed by atoms with Crippen molar-refractivity contribution >= 4 is 11.9 Å². The molecule has 7 nitrogen and oxygen atoms in total. The second-order valence-corrected chi connectivity index (χ2v) is 2.08. The minimum atomic E-state index is -1.08. The smallest absolute Gasteiger partial charge is 1.00 e. The summed E-state index contributed by atoms with van der Waals surface area (Å²) < 4.78 is 0. The van der Waals surface area contributed by atoms with Crippen LogP contribution in [-0.2, 0) is 9.63 Å². The summed E-state index contributed by atoms with van der Waals surface area (Å²) in [5.41, 5.74) is 15.0. The van der Waals surface area contributed by atoms with E-state index in [9.17, 15) is 4.79 Å². The fraction of sp³-hybridized carbons (Fsp3) is 0.600. The van der Waals surface area contributed by atoms with E-state index in [0.29, 0.717) is 0 Å². The Kier molecular flexibility index (Phi) is 14.3. The van der Waals surface area contributed by atoms with Crippen LogP contribution in [0.2, 0.25) is 0 Å². The van der Waals surface area contributed by atoms with Gasteiger partial charge in [-0.15, -0.1) is 0 Å². The Labute approximate surface area is 102 Å². The second-order valence-electron chi connectivity index (χ2n) is 2.08. The minimum Gasteiger partial charge on any atom is -1.00 e. The maximum atomic E-state index is 10.2. The quantitative estimate of drug-likeness (QED) is 0.119. The fourth-order valence-electron chi connectivity index (χ4n) is 0.423. The van der Waals surface area contributed by atoms with Gasteiger partial charge in [0.25, 0.3) is 0 Å². The van der Waals surface area contributed by atoms with E-state index in [2.05, 4.69) is 9.99 Å². The second kappa shape index (κ2) is 10.5. The Bertz CT molecular complexity index is 188. The molecule has 0 aromatic heterocycles. The first-order valence-electron chi connectivity index (χ1n) is 3.23. The van der Waals surface area contributed by atoms with E-state index in [1.807, 2.05) is 0 Å². The first-order valence-corrected chi connectivity index (χ1v) is 3.23. The number of hydrogen-bond acceptors (Lipinski definition) is 4. The molecule has 0 aliphatic carbocycles. The van der Waals surface area contributed by atoms with Gasteiger partial charge in [-0.25, -0.2) is 0 Å². The van der Waals surface area contributed by atoms with Gasteiger partial charge >= 0.3 is 35.5 Å². The fourth-order valence-corrected chi connectivity index (χ4v) is 0.423. The molecule has 0 aliphatic rings. The monoisotopic (exact) mass is 218 g/mol. The average Bonchev–Trinajstić information content (AvgIpc) is 1.97. The van der Waals surface area contributed by atoms with Crippen molar-refractivity contribution in [1.29, 1.82) is 0 Å². The Morgan fingerprint density at radius 1 is 1.50 bits per heavy atom. The molecule has 0 saturated heterocycles. The molecule has 0 fully saturated rings. The first-order chi connectivity index (χ1) is 5.54. The SMILES string of the molecule is NC(N)=NOCCC(N)C(=O)O.[F-].[Na+]. The summed E-state index contributed by atoms with van der Waals surface area (Å²) >= 11 is 0. The Hall–Kier alpha value is -0.570. The summed E-state index contributed by atoms with van der Waals surface area (Å²) in [5, 5.41) is 11.5. The number of aliphatic carboxylic acids is 1. The number of rotatable bonds is 5. The summed E-state index contributed by atoms with van der Waals surface area (Å²) in [4.78, 5) is 14.7. The Balaban J connectivity index is -0.000000605. The topological polar surface area (TPSA) is 137 Å². The van der Waals surface area contributed by atoms with Crippen molar-refractivity contribution in [2.75, 3.05) is 6.61 Å². The third kappa shape index (κ3) is 11.4. The molecule has 0 bridgehead atoms. The average molecular weight is 218 g/mol. The molecule has 78 valence electrons. The summed E-state index contributed by atoms with van der Waals surface area (Å²) in [7, 11) is 0. The summed E-state index contributed by atoms with van der Waals surface area (Å²) in [5.74, 6) is -1.29. The van der Waals surface area contributed by atoms with Crippen LogP contribution in [0, 0.1) is 0 Å². The Morgan fingerprint density at radius 3 is 2.36 bits per heavy atom. The van der Waals surface area contributed by atoms with Crippen molar-refractivity contribution in [3.05, 3.63) is 0 Å². The van der Waals surface area contributed by atoms with Gasteiger partial charge in [-0.2, -0.15) is 0 Å². The number of guanidine groups is 1. The number of carboxylic acids is 1. The van der Waals surface area contributed by atoms with Crippen molar-refractivity contribution in [3.63, 3.8) is 0 Å². The van der Waals surface area contributed by atoms with E-state index in [1.165, 1.54) is 0 Å². The zero-order chi connectivity index (χ0) is 9.56. The summed E-state index contributed by atoms with van der Waals surface area (Å²) in [6.45, 7) is 0.0748. The van der Waals surface area contributed by atoms with Gasteiger partial charge in [-0.1, -0.05) is 0 Å². The van der Waals surface area contributed by atoms with E-state index in [4.69, 9.17) is 22.3 Å². The van der Waals surface area contributed by atoms with E-state index >= 15 is 0 Å². The van der Waals surface area contributed by atoms with Crippen LogP contribution in [0.1, 0.15) is 6.42 Å². The van der Waals surface area contributed by atoms with Gasteiger partial charge in [-0.05, 0) is 5.16 Å². The maximum Gasteiger partial charge on any atom is 1.00 e. The number of nitrogens with two attached hydrogens (primary N) is 3. The molecule has 7 N–H and O–H groups in total. The number of halogens is 1. The molecule has 9 heteroatoms. The van der Waals surface area contributed by atoms with Gasteiger partial charge < -0.3 is 31.8 Å². The predicted octanol–water partition coefficient (Wildman–Crippen LogP) is -8.00. The molecule has 0 radical (unpaired) electrons. The van der Waals surface area contributed by atoms with Crippen LogP contribution >= 0.6 is 0 Å². The van der Waals surface area contributed by atoms with E-state index in [1.54, 1.807) is 0 Å². The maximum absolute atomic E-state index is 10.2. The van der Waals surface area contributed by atoms with Crippen LogP contribution in [0.15, 0.2) is 5.16 Å². The van der Waals surface area contributed by atoms with Crippen LogP contribution in [0.25, 0.3) is 0 Å². The third-order valence-corrected chi connectivity index (χ3v) is 1.01. The molecule has 0 rings (SSSR count). The van der Waals surface area contributed by atoms with Gasteiger partial charge in [-0.3, -0.25) is 4.79 Å². The van der Waals surface area contributed by atoms with Crippen LogP contribution in [0.4, 0.5) is 0 Å². The van der Waals surface area contributed by atoms with Crippen LogP contribution in [0.5, 0.6) is 0 Å². The molecule has 0 aliphatic heterocycles. The number of oxime groups is 1. The predicted molar refractivity (Wildman–Crippen MR) is 42.0 cm³/mol. The molecular weight excluding hydrogens is 206 g/mol. The Morgan fingerprint density at radius 2 is 2.00 bits per heavy atom. The zero-order valence-corrected chi connectivity index (χ0v) is 9.81. The van der Waals surface area contributed by atoms with Crippen LogP contribution in [0.3, 0.4) is 0 Å². The molecule has 0 saturated carbocycles. The number of hydrogen-bond donors (Lipinski definition) is 4. The normalized spacial score (nSPS) is 10.1. The summed E-state index contributed by atoms with van der Waals surface area (Å²) in [6.07, 6.45) is 0.159. The number of carboxylic acid groups (broad SMARTS) is 1. The molecule has 1 unspecified atom stereocenters. The number of nitrogens with zero attached hydrogens (tertiary/aromatic N) is 1. The van der Waals surface area contributed by atoms with Gasteiger partial charge in [0, 0.05) is 6.42 Å². The third-order valence-electron chi connectivity index (χ3n) is 1.01. The zero-order valence-electron chi connectivity index (χ0n) is 7.81. The first kappa shape index (κ1) is 19.1. The van der Waals surface area contributed by atoms with Gasteiger partial charge in [0.05, 0.1) is 0 Å². The minimum absolute atomic E-state index is 0. The molecule has 0 aromatic carbocycles. The van der Waals surface area contributed by atoms with Gasteiger partial charge in [0.15, 0.2) is 0 Å². The molecule has 0 aromatic rings. The van der Waals surface area contributed by atoms with E-state index in [0.717, 1.165) is 0 Å². The number of carbonyl (C=O) groups is 1. The van der Waals surface area contributed by atoms with Gasteiger partial charge in [0.2, 0.25) is 5.96 Å². The molecular formula is C5H12FN4NaO3. The largest absolute Gasteiger partial charge is 1.00 e. The van der Waals surface area contributed by atoms with E-state index < -0.39 is 12.0 Å². The molecule has 14 heavy (non-hydrogen) atoms. The standard InChI is InChI=1S/C5H12N4O3.FH.Na/c6-3(4(10)11)1-2-12-9-5(7)8;;/h3H,1-2,6H2,(H,10,11)(H4,7,8,9);1H;/q;;+1/p-1. The molecule has 0 spiro atoms.